The standard InChI is InChI=1S/C17H23NO3/c1-3-5-6-12-7-13-8-15-16(21-11-20-15)9-14(13)10-18(4-2)17(12)19/h8-9,12H,3-7,10-11H2,1-2H3. The summed E-state index contributed by atoms with van der Waals surface area (Å²) >= 11 is 0. The number of hydrogen-bond acceptors (Lipinski definition) is 3. The molecule has 21 heavy (non-hydrogen) atoms. The van der Waals surface area contributed by atoms with Crippen LogP contribution in [0.4, 0.5) is 0 Å². The fraction of sp³-hybridized carbons (Fsp3) is 0.588. The predicted molar refractivity (Wildman–Crippen MR) is 80.4 cm³/mol. The Morgan fingerprint density at radius 1 is 1.19 bits per heavy atom. The highest BCUT2D eigenvalue weighted by Crippen LogP contribution is 2.38. The van der Waals surface area contributed by atoms with Crippen LogP contribution in [0.5, 0.6) is 11.5 Å². The molecule has 1 aromatic rings. The fourth-order valence-electron chi connectivity index (χ4n) is 3.20. The summed E-state index contributed by atoms with van der Waals surface area (Å²) in [5, 5.41) is 0. The van der Waals surface area contributed by atoms with Crippen LogP contribution < -0.4 is 9.47 Å². The molecule has 1 amide bonds. The van der Waals surface area contributed by atoms with Gasteiger partial charge in [0.2, 0.25) is 12.7 Å². The second kappa shape index (κ2) is 5.96. The lowest BCUT2D eigenvalue weighted by Crippen LogP contribution is -2.34. The molecule has 0 saturated carbocycles. The molecule has 0 radical (unpaired) electrons. The van der Waals surface area contributed by atoms with Crippen molar-refractivity contribution in [3.8, 4) is 11.5 Å². The molecular formula is C17H23NO3. The zero-order valence-electron chi connectivity index (χ0n) is 12.9. The number of amides is 1. The minimum atomic E-state index is 0.103. The third-order valence-corrected chi connectivity index (χ3v) is 4.47. The van der Waals surface area contributed by atoms with E-state index in [1.165, 1.54) is 11.1 Å². The number of fused-ring (bicyclic) bond motifs is 2. The molecule has 0 N–H and O–H groups in total. The van der Waals surface area contributed by atoms with Gasteiger partial charge in [0, 0.05) is 19.0 Å². The summed E-state index contributed by atoms with van der Waals surface area (Å²) in [5.74, 6) is 2.03. The number of ether oxygens (including phenoxy) is 2. The van der Waals surface area contributed by atoms with E-state index < -0.39 is 0 Å². The average Bonchev–Trinajstić information content (AvgIpc) is 2.89. The molecule has 2 heterocycles. The van der Waals surface area contributed by atoms with Crippen LogP contribution in [0.3, 0.4) is 0 Å². The maximum absolute atomic E-state index is 12.7. The van der Waals surface area contributed by atoms with Crippen molar-refractivity contribution in [1.29, 1.82) is 0 Å². The topological polar surface area (TPSA) is 38.8 Å². The van der Waals surface area contributed by atoms with Gasteiger partial charge in [-0.05, 0) is 43.0 Å². The molecule has 2 aliphatic rings. The Kier molecular flexibility index (Phi) is 4.04. The van der Waals surface area contributed by atoms with Gasteiger partial charge in [0.25, 0.3) is 0 Å². The molecule has 4 nitrogen and oxygen atoms in total. The van der Waals surface area contributed by atoms with E-state index in [-0.39, 0.29) is 5.92 Å². The van der Waals surface area contributed by atoms with Crippen molar-refractivity contribution in [2.24, 2.45) is 5.92 Å². The number of hydrogen-bond donors (Lipinski definition) is 0. The Morgan fingerprint density at radius 3 is 2.57 bits per heavy atom. The first-order chi connectivity index (χ1) is 10.2. The highest BCUT2D eigenvalue weighted by atomic mass is 16.7. The first kappa shape index (κ1) is 14.2. The fourth-order valence-corrected chi connectivity index (χ4v) is 3.20. The van der Waals surface area contributed by atoms with Crippen LogP contribution in [0.25, 0.3) is 0 Å². The van der Waals surface area contributed by atoms with Crippen LogP contribution in [0, 0.1) is 5.92 Å². The van der Waals surface area contributed by atoms with Crippen molar-refractivity contribution in [2.45, 2.75) is 46.1 Å². The van der Waals surface area contributed by atoms with E-state index in [9.17, 15) is 4.79 Å². The van der Waals surface area contributed by atoms with Gasteiger partial charge in [-0.15, -0.1) is 0 Å². The van der Waals surface area contributed by atoms with Crippen molar-refractivity contribution in [3.05, 3.63) is 23.3 Å². The van der Waals surface area contributed by atoms with Gasteiger partial charge in [-0.2, -0.15) is 0 Å². The van der Waals surface area contributed by atoms with Gasteiger partial charge in [-0.3, -0.25) is 4.79 Å². The second-order valence-electron chi connectivity index (χ2n) is 5.87. The largest absolute Gasteiger partial charge is 0.454 e. The van der Waals surface area contributed by atoms with E-state index in [2.05, 4.69) is 19.1 Å². The lowest BCUT2D eigenvalue weighted by atomic mass is 9.92. The zero-order valence-corrected chi connectivity index (χ0v) is 12.9. The molecule has 0 bridgehead atoms. The van der Waals surface area contributed by atoms with E-state index in [1.807, 2.05) is 11.8 Å². The monoisotopic (exact) mass is 289 g/mol. The van der Waals surface area contributed by atoms with Gasteiger partial charge in [0.15, 0.2) is 11.5 Å². The van der Waals surface area contributed by atoms with Crippen LogP contribution in [-0.2, 0) is 17.8 Å². The van der Waals surface area contributed by atoms with Crippen LogP contribution in [0.1, 0.15) is 44.2 Å². The number of benzene rings is 1. The molecule has 0 aliphatic carbocycles. The van der Waals surface area contributed by atoms with Crippen LogP contribution in [-0.4, -0.2) is 24.1 Å². The third kappa shape index (κ3) is 2.71. The molecule has 1 aromatic carbocycles. The summed E-state index contributed by atoms with van der Waals surface area (Å²) in [4.78, 5) is 14.6. The third-order valence-electron chi connectivity index (χ3n) is 4.47. The molecule has 2 aliphatic heterocycles. The highest BCUT2D eigenvalue weighted by Gasteiger charge is 2.30. The van der Waals surface area contributed by atoms with Gasteiger partial charge < -0.3 is 14.4 Å². The Morgan fingerprint density at radius 2 is 1.90 bits per heavy atom. The SMILES string of the molecule is CCCCC1Cc2cc3c(cc2CN(CC)C1=O)OCO3. The quantitative estimate of drug-likeness (QED) is 0.855. The smallest absolute Gasteiger partial charge is 0.231 e. The summed E-state index contributed by atoms with van der Waals surface area (Å²) < 4.78 is 10.9. The summed E-state index contributed by atoms with van der Waals surface area (Å²) in [6, 6.07) is 4.12. The number of rotatable bonds is 4. The number of unbranched alkanes of at least 4 members (excludes halogenated alkanes) is 1. The van der Waals surface area contributed by atoms with Gasteiger partial charge in [-0.1, -0.05) is 19.8 Å². The molecule has 0 saturated heterocycles. The summed E-state index contributed by atoms with van der Waals surface area (Å²) in [6.45, 7) is 5.96. The molecule has 0 aromatic heterocycles. The molecule has 0 fully saturated rings. The molecule has 1 unspecified atom stereocenters. The van der Waals surface area contributed by atoms with Crippen molar-refractivity contribution in [2.75, 3.05) is 13.3 Å². The molecule has 0 spiro atoms. The van der Waals surface area contributed by atoms with Crippen molar-refractivity contribution in [3.63, 3.8) is 0 Å². The highest BCUT2D eigenvalue weighted by molar-refractivity contribution is 5.80. The van der Waals surface area contributed by atoms with Crippen LogP contribution in [0.15, 0.2) is 12.1 Å². The summed E-state index contributed by atoms with van der Waals surface area (Å²) in [6.07, 6.45) is 4.03. The first-order valence-electron chi connectivity index (χ1n) is 7.93. The zero-order chi connectivity index (χ0) is 14.8. The Hall–Kier alpha value is -1.71. The molecule has 1 atom stereocenters. The van der Waals surface area contributed by atoms with Crippen LogP contribution >= 0.6 is 0 Å². The first-order valence-corrected chi connectivity index (χ1v) is 7.93. The Bertz CT molecular complexity index is 541. The number of nitrogens with zero attached hydrogens (tertiary/aromatic N) is 1. The second-order valence-corrected chi connectivity index (χ2v) is 5.87. The maximum atomic E-state index is 12.7. The molecule has 4 heteroatoms. The maximum Gasteiger partial charge on any atom is 0.231 e. The molecular weight excluding hydrogens is 266 g/mol. The van der Waals surface area contributed by atoms with Gasteiger partial charge in [-0.25, -0.2) is 0 Å². The predicted octanol–water partition coefficient (Wildman–Crippen LogP) is 3.13. The van der Waals surface area contributed by atoms with Crippen molar-refractivity contribution < 1.29 is 14.3 Å². The Labute approximate surface area is 126 Å². The lowest BCUT2D eigenvalue weighted by Gasteiger charge is -2.22. The van der Waals surface area contributed by atoms with Gasteiger partial charge in [0.1, 0.15) is 0 Å². The summed E-state index contributed by atoms with van der Waals surface area (Å²) in [5.41, 5.74) is 2.44. The van der Waals surface area contributed by atoms with E-state index in [4.69, 9.17) is 9.47 Å². The van der Waals surface area contributed by atoms with Crippen LogP contribution in [0.2, 0.25) is 0 Å². The number of carbonyl (C=O) groups excluding carboxylic acids is 1. The lowest BCUT2D eigenvalue weighted by molar-refractivity contribution is -0.135. The number of carbonyl (C=O) groups is 1. The molecule has 3 rings (SSSR count). The van der Waals surface area contributed by atoms with E-state index >= 15 is 0 Å². The van der Waals surface area contributed by atoms with E-state index in [0.717, 1.165) is 43.7 Å². The molecule has 114 valence electrons. The van der Waals surface area contributed by atoms with Gasteiger partial charge in [0.05, 0.1) is 0 Å². The minimum absolute atomic E-state index is 0.103. The van der Waals surface area contributed by atoms with Gasteiger partial charge >= 0.3 is 0 Å². The average molecular weight is 289 g/mol. The Balaban J connectivity index is 1.93. The van der Waals surface area contributed by atoms with E-state index in [1.54, 1.807) is 0 Å². The normalized spacial score (nSPS) is 20.4. The van der Waals surface area contributed by atoms with Crippen molar-refractivity contribution in [1.82, 2.24) is 4.90 Å². The van der Waals surface area contributed by atoms with Crippen molar-refractivity contribution >= 4 is 5.91 Å². The summed E-state index contributed by atoms with van der Waals surface area (Å²) in [7, 11) is 0. The minimum Gasteiger partial charge on any atom is -0.454 e. The van der Waals surface area contributed by atoms with E-state index in [0.29, 0.717) is 19.2 Å².